The first-order valence-electron chi connectivity index (χ1n) is 4.98. The monoisotopic (exact) mass is 271 g/mol. The summed E-state index contributed by atoms with van der Waals surface area (Å²) in [6.45, 7) is 0. The number of hydrogen-bond acceptors (Lipinski definition) is 4. The van der Waals surface area contributed by atoms with Crippen LogP contribution in [0.5, 0.6) is 0 Å². The zero-order valence-corrected chi connectivity index (χ0v) is 11.2. The molecule has 2 rings (SSSR count). The van der Waals surface area contributed by atoms with Crippen molar-refractivity contribution in [2.75, 3.05) is 14.1 Å². The second-order valence-corrected chi connectivity index (χ2v) is 6.78. The lowest BCUT2D eigenvalue weighted by Crippen LogP contribution is -2.29. The van der Waals surface area contributed by atoms with Crippen LogP contribution >= 0.6 is 11.3 Å². The van der Waals surface area contributed by atoms with Crippen molar-refractivity contribution in [2.24, 2.45) is 0 Å². The van der Waals surface area contributed by atoms with Crippen LogP contribution in [0.15, 0.2) is 30.0 Å². The van der Waals surface area contributed by atoms with Gasteiger partial charge in [-0.3, -0.25) is 0 Å². The Labute approximate surface area is 105 Å². The summed E-state index contributed by atoms with van der Waals surface area (Å²) in [6, 6.07) is 3.92. The van der Waals surface area contributed by atoms with Gasteiger partial charge in [-0.1, -0.05) is 6.07 Å². The van der Waals surface area contributed by atoms with E-state index in [2.05, 4.69) is 4.98 Å². The minimum absolute atomic E-state index is 0.574. The van der Waals surface area contributed by atoms with E-state index in [9.17, 15) is 8.42 Å². The van der Waals surface area contributed by atoms with E-state index >= 15 is 0 Å². The maximum Gasteiger partial charge on any atom is 0.308 e. The molecule has 0 N–H and O–H groups in total. The summed E-state index contributed by atoms with van der Waals surface area (Å²) in [5.41, 5.74) is 0.668. The molecule has 2 aromatic heterocycles. The summed E-state index contributed by atoms with van der Waals surface area (Å²) in [5, 5.41) is 1.97. The second-order valence-electron chi connectivity index (χ2n) is 3.73. The Morgan fingerprint density at radius 1 is 1.47 bits per heavy atom. The van der Waals surface area contributed by atoms with E-state index in [1.165, 1.54) is 28.7 Å². The average Bonchev–Trinajstić information content (AvgIpc) is 2.89. The van der Waals surface area contributed by atoms with Crippen LogP contribution in [-0.2, 0) is 16.6 Å². The van der Waals surface area contributed by atoms with Gasteiger partial charge in [0.1, 0.15) is 6.33 Å². The maximum atomic E-state index is 12.0. The Hall–Kier alpha value is -1.18. The van der Waals surface area contributed by atoms with Crippen molar-refractivity contribution in [1.29, 1.82) is 0 Å². The Balaban J connectivity index is 2.36. The zero-order valence-electron chi connectivity index (χ0n) is 9.57. The quantitative estimate of drug-likeness (QED) is 0.839. The van der Waals surface area contributed by atoms with Crippen LogP contribution in [0, 0.1) is 0 Å². The third kappa shape index (κ3) is 2.41. The number of hydrogen-bond donors (Lipinski definition) is 0. The van der Waals surface area contributed by atoms with Crippen LogP contribution < -0.4 is 0 Å². The highest BCUT2D eigenvalue weighted by Crippen LogP contribution is 2.16. The molecule has 92 valence electrons. The zero-order chi connectivity index (χ0) is 12.5. The van der Waals surface area contributed by atoms with Crippen molar-refractivity contribution < 1.29 is 8.42 Å². The molecule has 0 atom stereocenters. The number of rotatable bonds is 4. The Morgan fingerprint density at radius 2 is 2.24 bits per heavy atom. The van der Waals surface area contributed by atoms with Crippen molar-refractivity contribution in [3.8, 4) is 0 Å². The van der Waals surface area contributed by atoms with Gasteiger partial charge in [-0.05, 0) is 11.4 Å². The van der Waals surface area contributed by atoms with Crippen molar-refractivity contribution in [3.63, 3.8) is 0 Å². The van der Waals surface area contributed by atoms with E-state index < -0.39 is 10.2 Å². The van der Waals surface area contributed by atoms with Crippen molar-refractivity contribution in [1.82, 2.24) is 13.3 Å². The summed E-state index contributed by atoms with van der Waals surface area (Å²) in [7, 11) is -0.467. The van der Waals surface area contributed by atoms with Gasteiger partial charge in [-0.25, -0.2) is 8.96 Å². The summed E-state index contributed by atoms with van der Waals surface area (Å²) < 4.78 is 26.4. The van der Waals surface area contributed by atoms with Crippen LogP contribution in [-0.4, -0.2) is 35.8 Å². The maximum absolute atomic E-state index is 12.0. The van der Waals surface area contributed by atoms with Gasteiger partial charge in [0.05, 0.1) is 5.69 Å². The lowest BCUT2D eigenvalue weighted by atomic mass is 10.3. The SMILES string of the molecule is CN(C)S(=O)(=O)n1cncc1Cc1cccs1. The van der Waals surface area contributed by atoms with Gasteiger partial charge >= 0.3 is 10.2 Å². The topological polar surface area (TPSA) is 55.2 Å². The highest BCUT2D eigenvalue weighted by atomic mass is 32.2. The van der Waals surface area contributed by atoms with Crippen molar-refractivity contribution >= 4 is 21.5 Å². The smallest absolute Gasteiger partial charge is 0.244 e. The predicted octanol–water partition coefficient (Wildman–Crippen LogP) is 1.19. The molecule has 0 aliphatic heterocycles. The van der Waals surface area contributed by atoms with Crippen LogP contribution in [0.25, 0.3) is 0 Å². The fraction of sp³-hybridized carbons (Fsp3) is 0.300. The molecule has 2 aromatic rings. The predicted molar refractivity (Wildman–Crippen MR) is 67.4 cm³/mol. The van der Waals surface area contributed by atoms with E-state index in [1.54, 1.807) is 17.5 Å². The summed E-state index contributed by atoms with van der Waals surface area (Å²) in [5.74, 6) is 0. The number of aromatic nitrogens is 2. The number of thiophene rings is 1. The highest BCUT2D eigenvalue weighted by molar-refractivity contribution is 7.87. The van der Waals surface area contributed by atoms with E-state index in [-0.39, 0.29) is 0 Å². The molecule has 0 saturated heterocycles. The minimum Gasteiger partial charge on any atom is -0.244 e. The lowest BCUT2D eigenvalue weighted by molar-refractivity contribution is 0.509. The Kier molecular flexibility index (Phi) is 3.32. The van der Waals surface area contributed by atoms with Crippen LogP contribution in [0.4, 0.5) is 0 Å². The first-order chi connectivity index (χ1) is 8.01. The van der Waals surface area contributed by atoms with Gasteiger partial charge in [0.25, 0.3) is 0 Å². The largest absolute Gasteiger partial charge is 0.308 e. The van der Waals surface area contributed by atoms with E-state index in [0.717, 1.165) is 4.88 Å². The summed E-state index contributed by atoms with van der Waals surface area (Å²) >= 11 is 1.60. The molecular formula is C10H13N3O2S2. The van der Waals surface area contributed by atoms with Gasteiger partial charge in [0.2, 0.25) is 0 Å². The van der Waals surface area contributed by atoms with E-state index in [1.807, 2.05) is 17.5 Å². The van der Waals surface area contributed by atoms with Crippen LogP contribution in [0.3, 0.4) is 0 Å². The van der Waals surface area contributed by atoms with E-state index in [0.29, 0.717) is 12.1 Å². The average molecular weight is 271 g/mol. The third-order valence-corrected chi connectivity index (χ3v) is 4.95. The molecule has 7 heteroatoms. The van der Waals surface area contributed by atoms with Gasteiger partial charge in [-0.15, -0.1) is 11.3 Å². The van der Waals surface area contributed by atoms with Gasteiger partial charge in [-0.2, -0.15) is 12.7 Å². The van der Waals surface area contributed by atoms with Gasteiger partial charge < -0.3 is 0 Å². The normalized spacial score (nSPS) is 12.2. The molecule has 0 aromatic carbocycles. The molecule has 0 radical (unpaired) electrons. The first kappa shape index (κ1) is 12.3. The molecule has 0 saturated carbocycles. The second kappa shape index (κ2) is 4.59. The first-order valence-corrected chi connectivity index (χ1v) is 7.26. The van der Waals surface area contributed by atoms with Gasteiger partial charge in [0.15, 0.2) is 0 Å². The lowest BCUT2D eigenvalue weighted by Gasteiger charge is -2.14. The molecule has 17 heavy (non-hydrogen) atoms. The van der Waals surface area contributed by atoms with Gasteiger partial charge in [0, 0.05) is 31.6 Å². The van der Waals surface area contributed by atoms with Crippen LogP contribution in [0.1, 0.15) is 10.6 Å². The van der Waals surface area contributed by atoms with E-state index in [4.69, 9.17) is 0 Å². The minimum atomic E-state index is -3.48. The molecule has 0 unspecified atom stereocenters. The fourth-order valence-electron chi connectivity index (χ4n) is 1.41. The molecule has 0 aliphatic rings. The fourth-order valence-corrected chi connectivity index (χ4v) is 3.06. The molecular weight excluding hydrogens is 258 g/mol. The molecule has 0 amide bonds. The number of imidazole rings is 1. The molecule has 0 aliphatic carbocycles. The molecule has 0 fully saturated rings. The summed E-state index contributed by atoms with van der Waals surface area (Å²) in [4.78, 5) is 5.02. The van der Waals surface area contributed by atoms with Crippen molar-refractivity contribution in [3.05, 3.63) is 40.6 Å². The summed E-state index contributed by atoms with van der Waals surface area (Å²) in [6.07, 6.45) is 3.49. The molecule has 2 heterocycles. The number of nitrogens with zero attached hydrogens (tertiary/aromatic N) is 3. The molecule has 0 spiro atoms. The molecule has 5 nitrogen and oxygen atoms in total. The van der Waals surface area contributed by atoms with Crippen LogP contribution in [0.2, 0.25) is 0 Å². The molecule has 0 bridgehead atoms. The van der Waals surface area contributed by atoms with Crippen molar-refractivity contribution in [2.45, 2.75) is 6.42 Å². The Bertz CT molecular complexity index is 585. The highest BCUT2D eigenvalue weighted by Gasteiger charge is 2.19. The standard InChI is InChI=1S/C10H13N3O2S2/c1-12(2)17(14,15)13-8-11-7-9(13)6-10-4-3-5-16-10/h3-5,7-8H,6H2,1-2H3. The third-order valence-electron chi connectivity index (χ3n) is 2.32. The Morgan fingerprint density at radius 3 is 2.82 bits per heavy atom.